The van der Waals surface area contributed by atoms with Gasteiger partial charge in [0, 0.05) is 20.8 Å². The second-order valence-electron chi connectivity index (χ2n) is 1.48. The third-order valence-corrected chi connectivity index (χ3v) is 1.22. The van der Waals surface area contributed by atoms with Crippen LogP contribution in [-0.2, 0) is 4.37 Å². The van der Waals surface area contributed by atoms with Crippen molar-refractivity contribution in [1.82, 2.24) is 0 Å². The van der Waals surface area contributed by atoms with Crippen LogP contribution in [0, 0.1) is 0 Å². The highest BCUT2D eigenvalue weighted by Gasteiger charge is 1.94. The molecule has 0 aromatic rings. The zero-order chi connectivity index (χ0) is 5.70. The van der Waals surface area contributed by atoms with E-state index >= 15 is 0 Å². The molecule has 0 bridgehead atoms. The van der Waals surface area contributed by atoms with Crippen LogP contribution in [0.1, 0.15) is 20.8 Å². The van der Waals surface area contributed by atoms with Crippen LogP contribution in [0.2, 0.25) is 0 Å². The average Bonchev–Trinajstić information content (AvgIpc) is 1.72. The Kier molecular flexibility index (Phi) is 10.1. The largest absolute Gasteiger partial charge is 1.00 e. The van der Waals surface area contributed by atoms with E-state index in [1.807, 2.05) is 0 Å². The van der Waals surface area contributed by atoms with Crippen molar-refractivity contribution in [2.45, 2.75) is 20.8 Å². The third kappa shape index (κ3) is 4.41. The lowest BCUT2D eigenvalue weighted by molar-refractivity contribution is -0.119. The van der Waals surface area contributed by atoms with Crippen LogP contribution in [0.15, 0.2) is 0 Å². The quantitative estimate of drug-likeness (QED) is 0.422. The van der Waals surface area contributed by atoms with Crippen LogP contribution in [0.5, 0.6) is 0 Å². The fraction of sp³-hybridized carbons (Fsp3) is 1.00. The van der Waals surface area contributed by atoms with Gasteiger partial charge in [-0.25, -0.2) is 0 Å². The van der Waals surface area contributed by atoms with E-state index in [2.05, 4.69) is 25.1 Å². The maximum absolute atomic E-state index is 3.07. The molecule has 0 aliphatic rings. The number of halogens is 1. The van der Waals surface area contributed by atoms with Crippen molar-refractivity contribution >= 4 is 0 Å². The molecule has 0 aliphatic carbocycles. The highest BCUT2D eigenvalue weighted by atomic mass is 35.5. The van der Waals surface area contributed by atoms with E-state index in [1.54, 1.807) is 0 Å². The standard InChI is InChI=1S/C6H15O.ClH/c1-4-7(5-2)6-3;/h4-6H2,1-3H3;1H/q+1;/p-1. The van der Waals surface area contributed by atoms with Crippen molar-refractivity contribution in [1.29, 1.82) is 0 Å². The van der Waals surface area contributed by atoms with E-state index in [4.69, 9.17) is 0 Å². The molecular weight excluding hydrogens is 124 g/mol. The molecule has 0 saturated carbocycles. The van der Waals surface area contributed by atoms with Crippen molar-refractivity contribution in [2.75, 3.05) is 19.8 Å². The molecule has 2 heteroatoms. The summed E-state index contributed by atoms with van der Waals surface area (Å²) < 4.78 is 3.07. The van der Waals surface area contributed by atoms with E-state index < -0.39 is 0 Å². The van der Waals surface area contributed by atoms with Gasteiger partial charge in [-0.2, -0.15) is 0 Å². The molecule has 0 rings (SSSR count). The summed E-state index contributed by atoms with van der Waals surface area (Å²) in [5.41, 5.74) is 0. The first-order valence-corrected chi connectivity index (χ1v) is 2.99. The SMILES string of the molecule is CC[O+](CC)CC.[Cl-]. The molecule has 0 aromatic carbocycles. The molecule has 0 fully saturated rings. The second kappa shape index (κ2) is 7.25. The smallest absolute Gasteiger partial charge is 0.142 e. The number of hydrogen-bond acceptors (Lipinski definition) is 0. The Morgan fingerprint density at radius 1 is 0.875 bits per heavy atom. The van der Waals surface area contributed by atoms with Gasteiger partial charge in [-0.1, -0.05) is 0 Å². The molecule has 0 N–H and O–H groups in total. The Balaban J connectivity index is 0. The Labute approximate surface area is 58.1 Å². The third-order valence-electron chi connectivity index (χ3n) is 1.22. The summed E-state index contributed by atoms with van der Waals surface area (Å²) in [6.45, 7) is 9.76. The van der Waals surface area contributed by atoms with Gasteiger partial charge in [0.15, 0.2) is 0 Å². The Morgan fingerprint density at radius 3 is 1.12 bits per heavy atom. The molecular formula is C6H15ClO. The highest BCUT2D eigenvalue weighted by molar-refractivity contribution is 4.27. The monoisotopic (exact) mass is 138 g/mol. The van der Waals surface area contributed by atoms with Crippen LogP contribution in [0.4, 0.5) is 0 Å². The molecule has 1 nitrogen and oxygen atoms in total. The molecule has 0 unspecified atom stereocenters. The zero-order valence-electron chi connectivity index (χ0n) is 5.91. The van der Waals surface area contributed by atoms with Crippen molar-refractivity contribution < 1.29 is 16.8 Å². The second-order valence-corrected chi connectivity index (χ2v) is 1.48. The van der Waals surface area contributed by atoms with E-state index in [0.29, 0.717) is 0 Å². The van der Waals surface area contributed by atoms with Gasteiger partial charge in [0.25, 0.3) is 0 Å². The topological polar surface area (TPSA) is 2.70 Å². The predicted octanol–water partition coefficient (Wildman–Crippen LogP) is -1.40. The molecule has 0 radical (unpaired) electrons. The molecule has 0 heterocycles. The maximum Gasteiger partial charge on any atom is 0.142 e. The van der Waals surface area contributed by atoms with Crippen molar-refractivity contribution in [2.24, 2.45) is 0 Å². The molecule has 0 aromatic heterocycles. The summed E-state index contributed by atoms with van der Waals surface area (Å²) in [5, 5.41) is 0. The average molecular weight is 139 g/mol. The minimum absolute atomic E-state index is 0. The van der Waals surface area contributed by atoms with Gasteiger partial charge in [-0.3, -0.25) is 0 Å². The van der Waals surface area contributed by atoms with Crippen LogP contribution >= 0.6 is 0 Å². The first-order valence-electron chi connectivity index (χ1n) is 2.99. The molecule has 0 saturated heterocycles. The lowest BCUT2D eigenvalue weighted by Crippen LogP contribution is -3.00. The first kappa shape index (κ1) is 11.1. The summed E-state index contributed by atoms with van der Waals surface area (Å²) in [5.74, 6) is 0. The van der Waals surface area contributed by atoms with Gasteiger partial charge < -0.3 is 16.8 Å². The van der Waals surface area contributed by atoms with Crippen molar-refractivity contribution in [3.8, 4) is 0 Å². The van der Waals surface area contributed by atoms with Gasteiger partial charge >= 0.3 is 0 Å². The lowest BCUT2D eigenvalue weighted by Gasteiger charge is -2.11. The van der Waals surface area contributed by atoms with Crippen LogP contribution in [0.3, 0.4) is 0 Å². The van der Waals surface area contributed by atoms with E-state index in [-0.39, 0.29) is 12.4 Å². The first-order chi connectivity index (χ1) is 3.35. The summed E-state index contributed by atoms with van der Waals surface area (Å²) in [6, 6.07) is 0. The lowest BCUT2D eigenvalue weighted by atomic mass is 10.7. The van der Waals surface area contributed by atoms with Gasteiger partial charge in [-0.05, 0) is 0 Å². The molecule has 52 valence electrons. The summed E-state index contributed by atoms with van der Waals surface area (Å²) in [6.07, 6.45) is 0. The van der Waals surface area contributed by atoms with E-state index in [1.165, 1.54) is 0 Å². The van der Waals surface area contributed by atoms with Gasteiger partial charge in [-0.15, -0.1) is 0 Å². The number of rotatable bonds is 3. The summed E-state index contributed by atoms with van der Waals surface area (Å²) in [4.78, 5) is 0. The minimum atomic E-state index is 0. The Hall–Kier alpha value is 0.250. The normalized spacial score (nSPS) is 9.00. The highest BCUT2D eigenvalue weighted by Crippen LogP contribution is 1.90. The fourth-order valence-corrected chi connectivity index (χ4v) is 0.612. The fourth-order valence-electron chi connectivity index (χ4n) is 0.612. The molecule has 8 heavy (non-hydrogen) atoms. The van der Waals surface area contributed by atoms with Crippen molar-refractivity contribution in [3.05, 3.63) is 0 Å². The predicted molar refractivity (Wildman–Crippen MR) is 32.7 cm³/mol. The Bertz CT molecular complexity index is 30.0. The van der Waals surface area contributed by atoms with Crippen LogP contribution in [0.25, 0.3) is 0 Å². The minimum Gasteiger partial charge on any atom is -1.00 e. The van der Waals surface area contributed by atoms with Crippen molar-refractivity contribution in [3.63, 3.8) is 0 Å². The van der Waals surface area contributed by atoms with E-state index in [9.17, 15) is 0 Å². The summed E-state index contributed by atoms with van der Waals surface area (Å²) in [7, 11) is 0. The number of hydrogen-bond donors (Lipinski definition) is 0. The van der Waals surface area contributed by atoms with Gasteiger partial charge in [0.05, 0.1) is 0 Å². The zero-order valence-corrected chi connectivity index (χ0v) is 6.66. The summed E-state index contributed by atoms with van der Waals surface area (Å²) >= 11 is 0. The Morgan fingerprint density at radius 2 is 1.12 bits per heavy atom. The maximum atomic E-state index is 3.07. The van der Waals surface area contributed by atoms with E-state index in [0.717, 1.165) is 19.8 Å². The van der Waals surface area contributed by atoms with Gasteiger partial charge in [0.1, 0.15) is 19.8 Å². The molecule has 0 amide bonds. The molecule has 0 atom stereocenters. The van der Waals surface area contributed by atoms with Gasteiger partial charge in [0.2, 0.25) is 0 Å². The molecule has 0 aliphatic heterocycles. The molecule has 0 spiro atoms. The van der Waals surface area contributed by atoms with Crippen LogP contribution in [-0.4, -0.2) is 19.8 Å². The van der Waals surface area contributed by atoms with Crippen LogP contribution < -0.4 is 12.4 Å².